The summed E-state index contributed by atoms with van der Waals surface area (Å²) in [5.41, 5.74) is 0.737. The molecule has 1 amide bonds. The Balaban J connectivity index is 1.93. The number of hydrogen-bond acceptors (Lipinski definition) is 2. The molecule has 0 radical (unpaired) electrons. The van der Waals surface area contributed by atoms with Gasteiger partial charge in [-0.25, -0.2) is 0 Å². The SMILES string of the molecule is C=CC[NH+]1CCN(C(=O)c2ccc(OCC)cc2)CC1. The van der Waals surface area contributed by atoms with E-state index in [4.69, 9.17) is 4.74 Å². The van der Waals surface area contributed by atoms with Crippen molar-refractivity contribution in [2.75, 3.05) is 39.3 Å². The Hall–Kier alpha value is -1.81. The zero-order chi connectivity index (χ0) is 14.4. The van der Waals surface area contributed by atoms with E-state index < -0.39 is 0 Å². The number of rotatable bonds is 5. The molecule has 0 aromatic heterocycles. The van der Waals surface area contributed by atoms with E-state index in [9.17, 15) is 4.79 Å². The van der Waals surface area contributed by atoms with Crippen molar-refractivity contribution >= 4 is 5.91 Å². The number of amides is 1. The quantitative estimate of drug-likeness (QED) is 0.799. The number of ether oxygens (including phenoxy) is 1. The fourth-order valence-electron chi connectivity index (χ4n) is 2.48. The number of quaternary nitrogens is 1. The molecule has 0 bridgehead atoms. The fraction of sp³-hybridized carbons (Fsp3) is 0.438. The van der Waals surface area contributed by atoms with Crippen LogP contribution in [-0.4, -0.2) is 50.1 Å². The molecule has 1 N–H and O–H groups in total. The first-order valence-electron chi connectivity index (χ1n) is 7.21. The van der Waals surface area contributed by atoms with Crippen LogP contribution in [0.4, 0.5) is 0 Å². The fourth-order valence-corrected chi connectivity index (χ4v) is 2.48. The highest BCUT2D eigenvalue weighted by Crippen LogP contribution is 2.13. The molecule has 1 saturated heterocycles. The molecular weight excluding hydrogens is 252 g/mol. The van der Waals surface area contributed by atoms with Gasteiger partial charge in [0.15, 0.2) is 0 Å². The molecular formula is C16H23N2O2+. The van der Waals surface area contributed by atoms with Crippen LogP contribution < -0.4 is 9.64 Å². The van der Waals surface area contributed by atoms with Gasteiger partial charge in [-0.05, 0) is 37.3 Å². The molecule has 1 aliphatic heterocycles. The van der Waals surface area contributed by atoms with Gasteiger partial charge < -0.3 is 14.5 Å². The Labute approximate surface area is 120 Å². The number of piperazine rings is 1. The molecule has 20 heavy (non-hydrogen) atoms. The van der Waals surface area contributed by atoms with E-state index in [1.165, 1.54) is 4.90 Å². The van der Waals surface area contributed by atoms with Crippen LogP contribution in [0.25, 0.3) is 0 Å². The van der Waals surface area contributed by atoms with Crippen molar-refractivity contribution in [3.63, 3.8) is 0 Å². The standard InChI is InChI=1S/C16H22N2O2/c1-3-9-17-10-12-18(13-11-17)16(19)14-5-7-15(8-6-14)20-4-2/h3,5-8H,1,4,9-13H2,2H3/p+1. The van der Waals surface area contributed by atoms with Crippen molar-refractivity contribution in [2.45, 2.75) is 6.92 Å². The van der Waals surface area contributed by atoms with Gasteiger partial charge in [-0.15, -0.1) is 0 Å². The molecule has 1 heterocycles. The van der Waals surface area contributed by atoms with Crippen LogP contribution in [0.2, 0.25) is 0 Å². The summed E-state index contributed by atoms with van der Waals surface area (Å²) in [7, 11) is 0. The Kier molecular flexibility index (Phi) is 5.18. The van der Waals surface area contributed by atoms with Gasteiger partial charge in [-0.3, -0.25) is 4.79 Å². The number of hydrogen-bond donors (Lipinski definition) is 1. The molecule has 1 aromatic rings. The monoisotopic (exact) mass is 275 g/mol. The molecule has 108 valence electrons. The average Bonchev–Trinajstić information content (AvgIpc) is 2.49. The summed E-state index contributed by atoms with van der Waals surface area (Å²) in [5.74, 6) is 0.926. The molecule has 4 nitrogen and oxygen atoms in total. The maximum absolute atomic E-state index is 12.4. The molecule has 0 aliphatic carbocycles. The van der Waals surface area contributed by atoms with Crippen LogP contribution in [0, 0.1) is 0 Å². The molecule has 0 spiro atoms. The summed E-state index contributed by atoms with van der Waals surface area (Å²) >= 11 is 0. The number of nitrogens with one attached hydrogen (secondary N) is 1. The van der Waals surface area contributed by atoms with Crippen molar-refractivity contribution in [2.24, 2.45) is 0 Å². The summed E-state index contributed by atoms with van der Waals surface area (Å²) in [6.45, 7) is 11.0. The van der Waals surface area contributed by atoms with Gasteiger partial charge in [-0.1, -0.05) is 6.58 Å². The first-order valence-corrected chi connectivity index (χ1v) is 7.21. The highest BCUT2D eigenvalue weighted by atomic mass is 16.5. The van der Waals surface area contributed by atoms with Gasteiger partial charge in [0.2, 0.25) is 0 Å². The molecule has 1 fully saturated rings. The minimum atomic E-state index is 0.116. The van der Waals surface area contributed by atoms with E-state index in [1.54, 1.807) is 0 Å². The molecule has 2 rings (SSSR count). The Morgan fingerprint density at radius 1 is 1.35 bits per heavy atom. The zero-order valence-electron chi connectivity index (χ0n) is 12.1. The van der Waals surface area contributed by atoms with E-state index in [0.29, 0.717) is 6.61 Å². The van der Waals surface area contributed by atoms with Crippen LogP contribution in [0.5, 0.6) is 5.75 Å². The second-order valence-electron chi connectivity index (χ2n) is 4.99. The van der Waals surface area contributed by atoms with E-state index in [-0.39, 0.29) is 5.91 Å². The van der Waals surface area contributed by atoms with Gasteiger partial charge in [-0.2, -0.15) is 0 Å². The number of carbonyl (C=O) groups is 1. The van der Waals surface area contributed by atoms with Crippen LogP contribution in [-0.2, 0) is 0 Å². The predicted octanol–water partition coefficient (Wildman–Crippen LogP) is 0.612. The molecule has 4 heteroatoms. The minimum Gasteiger partial charge on any atom is -0.494 e. The first kappa shape index (κ1) is 14.6. The van der Waals surface area contributed by atoms with Gasteiger partial charge in [0, 0.05) is 5.56 Å². The number of nitrogens with zero attached hydrogens (tertiary/aromatic N) is 1. The number of benzene rings is 1. The van der Waals surface area contributed by atoms with E-state index in [0.717, 1.165) is 44.0 Å². The zero-order valence-corrected chi connectivity index (χ0v) is 12.1. The lowest BCUT2D eigenvalue weighted by atomic mass is 10.1. The predicted molar refractivity (Wildman–Crippen MR) is 79.3 cm³/mol. The normalized spacial score (nSPS) is 15.9. The Bertz CT molecular complexity index is 448. The summed E-state index contributed by atoms with van der Waals surface area (Å²) < 4.78 is 5.39. The van der Waals surface area contributed by atoms with Crippen molar-refractivity contribution in [1.82, 2.24) is 4.90 Å². The van der Waals surface area contributed by atoms with E-state index in [2.05, 4.69) is 6.58 Å². The van der Waals surface area contributed by atoms with Crippen molar-refractivity contribution < 1.29 is 14.4 Å². The van der Waals surface area contributed by atoms with E-state index in [1.807, 2.05) is 42.2 Å². The lowest BCUT2D eigenvalue weighted by molar-refractivity contribution is -0.898. The third-order valence-corrected chi connectivity index (χ3v) is 3.60. The van der Waals surface area contributed by atoms with Crippen LogP contribution in [0.3, 0.4) is 0 Å². The maximum Gasteiger partial charge on any atom is 0.254 e. The van der Waals surface area contributed by atoms with Gasteiger partial charge in [0.05, 0.1) is 39.3 Å². The minimum absolute atomic E-state index is 0.116. The van der Waals surface area contributed by atoms with Crippen molar-refractivity contribution in [1.29, 1.82) is 0 Å². The summed E-state index contributed by atoms with van der Waals surface area (Å²) in [6.07, 6.45) is 1.94. The molecule has 0 unspecified atom stereocenters. The molecule has 1 aromatic carbocycles. The Morgan fingerprint density at radius 3 is 2.55 bits per heavy atom. The van der Waals surface area contributed by atoms with Gasteiger partial charge in [0.1, 0.15) is 5.75 Å². The first-order chi connectivity index (χ1) is 9.74. The lowest BCUT2D eigenvalue weighted by Crippen LogP contribution is -3.14. The van der Waals surface area contributed by atoms with Crippen LogP contribution >= 0.6 is 0 Å². The molecule has 0 saturated carbocycles. The smallest absolute Gasteiger partial charge is 0.254 e. The van der Waals surface area contributed by atoms with Gasteiger partial charge in [0.25, 0.3) is 5.91 Å². The largest absolute Gasteiger partial charge is 0.494 e. The van der Waals surface area contributed by atoms with Gasteiger partial charge >= 0.3 is 0 Å². The second kappa shape index (κ2) is 7.10. The number of carbonyl (C=O) groups excluding carboxylic acids is 1. The van der Waals surface area contributed by atoms with Crippen molar-refractivity contribution in [3.05, 3.63) is 42.5 Å². The topological polar surface area (TPSA) is 34.0 Å². The van der Waals surface area contributed by atoms with Crippen LogP contribution in [0.15, 0.2) is 36.9 Å². The highest BCUT2D eigenvalue weighted by molar-refractivity contribution is 5.94. The van der Waals surface area contributed by atoms with E-state index >= 15 is 0 Å². The second-order valence-corrected chi connectivity index (χ2v) is 4.99. The summed E-state index contributed by atoms with van der Waals surface area (Å²) in [6, 6.07) is 7.40. The average molecular weight is 275 g/mol. The third-order valence-electron chi connectivity index (χ3n) is 3.60. The van der Waals surface area contributed by atoms with Crippen molar-refractivity contribution in [3.8, 4) is 5.75 Å². The summed E-state index contributed by atoms with van der Waals surface area (Å²) in [4.78, 5) is 15.8. The molecule has 0 atom stereocenters. The summed E-state index contributed by atoms with van der Waals surface area (Å²) in [5, 5.41) is 0. The molecule has 1 aliphatic rings. The Morgan fingerprint density at radius 2 is 2.00 bits per heavy atom. The third kappa shape index (κ3) is 3.61. The maximum atomic E-state index is 12.4. The lowest BCUT2D eigenvalue weighted by Gasteiger charge is -2.31. The highest BCUT2D eigenvalue weighted by Gasteiger charge is 2.23. The van der Waals surface area contributed by atoms with Crippen LogP contribution in [0.1, 0.15) is 17.3 Å².